The molecule has 18 rings (SSSR count). The van der Waals surface area contributed by atoms with E-state index in [9.17, 15) is 38.7 Å². The number of ether oxygens (including phenoxy) is 3. The second-order valence-electron chi connectivity index (χ2n) is 31.5. The van der Waals surface area contributed by atoms with E-state index in [0.717, 1.165) is 115 Å². The van der Waals surface area contributed by atoms with Crippen molar-refractivity contribution < 1.29 is 52.9 Å². The van der Waals surface area contributed by atoms with Crippen molar-refractivity contribution in [3.63, 3.8) is 0 Å². The number of carboxylic acids is 1. The number of aldehydes is 1. The number of nitrogens with zero attached hydrogens (tertiary/aromatic N) is 11. The number of nitrogen functional groups attached to an aromatic ring is 1. The summed E-state index contributed by atoms with van der Waals surface area (Å²) in [7, 11) is 4.01. The number of Topliss-reactive ketones (excluding diaryl/α,β-unsaturated/α-hetero) is 2. The maximum absolute atomic E-state index is 12.5. The number of methoxy groups -OCH3 is 3. The van der Waals surface area contributed by atoms with E-state index < -0.39 is 23.9 Å². The Hall–Kier alpha value is -10.8. The highest BCUT2D eigenvalue weighted by molar-refractivity contribution is 6.34. The number of nitrogens with one attached hydrogen (secondary N) is 2. The van der Waals surface area contributed by atoms with Crippen molar-refractivity contribution in [1.82, 2.24) is 25.3 Å². The normalized spacial score (nSPS) is 20.0. The van der Waals surface area contributed by atoms with Crippen LogP contribution in [0, 0.1) is 55.2 Å². The van der Waals surface area contributed by atoms with Crippen molar-refractivity contribution in [1.29, 1.82) is 0 Å². The molecule has 1 saturated heterocycles. The minimum absolute atomic E-state index is 0. The zero-order valence-corrected chi connectivity index (χ0v) is 71.2. The van der Waals surface area contributed by atoms with Crippen LogP contribution in [0.4, 0.5) is 34.1 Å². The van der Waals surface area contributed by atoms with Crippen molar-refractivity contribution in [2.24, 2.45) is 51.6 Å². The number of halogens is 4. The zero-order valence-electron chi connectivity index (χ0n) is 68.2. The van der Waals surface area contributed by atoms with Crippen LogP contribution in [0.2, 0.25) is 15.1 Å². The van der Waals surface area contributed by atoms with Gasteiger partial charge in [-0.25, -0.2) is 53.6 Å². The second kappa shape index (κ2) is 43.6. The van der Waals surface area contributed by atoms with Gasteiger partial charge in [0.15, 0.2) is 11.6 Å². The Bertz CT molecular complexity index is 5200. The lowest BCUT2D eigenvalue weighted by atomic mass is 9.76. The van der Waals surface area contributed by atoms with Crippen molar-refractivity contribution >= 4 is 134 Å². The fourth-order valence-electron chi connectivity index (χ4n) is 18.0. The van der Waals surface area contributed by atoms with E-state index in [1.54, 1.807) is 60.7 Å². The largest absolute Gasteiger partial charge is 0.477 e. The van der Waals surface area contributed by atoms with E-state index in [-0.39, 0.29) is 59.1 Å². The minimum Gasteiger partial charge on any atom is -0.477 e. The first-order chi connectivity index (χ1) is 58.3. The number of allylic oxidation sites excluding steroid dienone is 2. The lowest BCUT2D eigenvalue weighted by Gasteiger charge is -2.34. The average molecular weight is 1720 g/mol. The molecule has 5 fully saturated rings. The Kier molecular flexibility index (Phi) is 32.8. The van der Waals surface area contributed by atoms with Gasteiger partial charge in [-0.05, 0) is 237 Å². The Balaban J connectivity index is 0.000000147. The Morgan fingerprint density at radius 1 is 0.488 bits per heavy atom. The van der Waals surface area contributed by atoms with Crippen LogP contribution < -0.4 is 26.6 Å². The van der Waals surface area contributed by atoms with Gasteiger partial charge in [0.1, 0.15) is 29.1 Å². The number of hydrazone groups is 2. The summed E-state index contributed by atoms with van der Waals surface area (Å²) in [5.41, 5.74) is 16.7. The van der Waals surface area contributed by atoms with Gasteiger partial charge >= 0.3 is 23.9 Å². The number of carboxylic acid groups (broad SMARTS) is 1. The molecule has 4 atom stereocenters. The first-order valence-corrected chi connectivity index (χ1v) is 42.6. The molecule has 0 spiro atoms. The number of carbonyl (C=O) groups excluding carboxylic acids is 6. The molecule has 5 N–H and O–H groups in total. The minimum atomic E-state index is -1.01. The summed E-state index contributed by atoms with van der Waals surface area (Å²) in [4.78, 5) is 107. The van der Waals surface area contributed by atoms with Crippen molar-refractivity contribution in [2.45, 2.75) is 185 Å². The fourth-order valence-corrected chi connectivity index (χ4v) is 18.6. The van der Waals surface area contributed by atoms with Gasteiger partial charge in [-0.1, -0.05) is 110 Å². The number of aromatic carboxylic acids is 1. The molecule has 4 unspecified atom stereocenters. The monoisotopic (exact) mass is 1720 g/mol. The molecule has 4 saturated carbocycles. The highest BCUT2D eigenvalue weighted by atomic mass is 35.5. The van der Waals surface area contributed by atoms with E-state index in [4.69, 9.17) is 75.3 Å². The third kappa shape index (κ3) is 22.1. The summed E-state index contributed by atoms with van der Waals surface area (Å²) in [5.74, 6) is 5.69. The van der Waals surface area contributed by atoms with Gasteiger partial charge in [-0.2, -0.15) is 10.2 Å². The van der Waals surface area contributed by atoms with Gasteiger partial charge in [0.05, 0.1) is 98.7 Å². The fraction of sp³-hybridized carbons (Fsp3) is 0.435. The quantitative estimate of drug-likeness (QED) is 0.0178. The first-order valence-electron chi connectivity index (χ1n) is 41.5. The predicted octanol–water partition coefficient (Wildman–Crippen LogP) is 19.6. The molecule has 29 heteroatoms. The number of aryl methyl sites for hydroxylation is 4. The molecule has 0 bridgehead atoms. The number of ketones is 2. The van der Waals surface area contributed by atoms with E-state index in [1.807, 2.05) is 36.4 Å². The summed E-state index contributed by atoms with van der Waals surface area (Å²) in [5, 5.41) is 28.2. The number of carbonyl (C=O) groups is 7. The van der Waals surface area contributed by atoms with E-state index in [0.29, 0.717) is 108 Å². The molecular weight excluding hydrogens is 1620 g/mol. The Morgan fingerprint density at radius 2 is 0.893 bits per heavy atom. The smallest absolute Gasteiger partial charge is 0.356 e. The molecule has 0 radical (unpaired) electrons. The number of hydrazine groups is 1. The van der Waals surface area contributed by atoms with E-state index in [1.165, 1.54) is 143 Å². The molecule has 632 valence electrons. The highest BCUT2D eigenvalue weighted by Gasteiger charge is 2.48. The van der Waals surface area contributed by atoms with Crippen LogP contribution in [0.15, 0.2) is 125 Å². The van der Waals surface area contributed by atoms with Gasteiger partial charge in [0.2, 0.25) is 17.1 Å². The van der Waals surface area contributed by atoms with Gasteiger partial charge < -0.3 is 34.9 Å². The lowest BCUT2D eigenvalue weighted by Crippen LogP contribution is -2.40. The van der Waals surface area contributed by atoms with Crippen LogP contribution in [-0.4, -0.2) is 125 Å². The van der Waals surface area contributed by atoms with Crippen LogP contribution in [0.5, 0.6) is 0 Å². The van der Waals surface area contributed by atoms with E-state index in [2.05, 4.69) is 70.8 Å². The Morgan fingerprint density at radius 3 is 1.30 bits per heavy atom. The van der Waals surface area contributed by atoms with Gasteiger partial charge in [0.25, 0.3) is 0 Å². The lowest BCUT2D eigenvalue weighted by molar-refractivity contribution is -0.110. The number of nitrogens with two attached hydrogens (primary N) is 1. The average Bonchev–Trinajstić information content (AvgIpc) is 1.60. The molecule has 8 aliphatic carbocycles. The van der Waals surface area contributed by atoms with Gasteiger partial charge in [-0.3, -0.25) is 25.4 Å². The third-order valence-corrected chi connectivity index (χ3v) is 25.0. The molecular formula is C92H100Cl4N14O11. The van der Waals surface area contributed by atoms with Crippen molar-refractivity contribution in [3.8, 4) is 0 Å². The van der Waals surface area contributed by atoms with Crippen LogP contribution in [0.1, 0.15) is 244 Å². The van der Waals surface area contributed by atoms with Crippen LogP contribution in [-0.2, 0) is 44.7 Å². The number of rotatable bonds is 11. The third-order valence-electron chi connectivity index (χ3n) is 24.1. The summed E-state index contributed by atoms with van der Waals surface area (Å²) in [6, 6.07) is 30.1. The van der Waals surface area contributed by atoms with Crippen LogP contribution in [0.3, 0.4) is 0 Å². The highest BCUT2D eigenvalue weighted by Crippen LogP contribution is 2.48. The maximum atomic E-state index is 12.5. The molecule has 3 aliphatic heterocycles. The number of fused-ring (bicyclic) bond motifs is 8. The number of hydrogen-bond acceptors (Lipinski definition) is 21. The summed E-state index contributed by atoms with van der Waals surface area (Å²) in [6.45, 7) is 23.7. The summed E-state index contributed by atoms with van der Waals surface area (Å²) in [6.07, 6.45) is 32.6. The standard InChI is InChI=1S/C24H23ClN4O2.C23H21ClN4O2.C17H19NO3.C11H11NO3.C7H6ClN3.C6H10O.C4H9N.ClH/c1-26-20-10-7-15(13-18(20)25)29-23(14-5-3-4-6-14)17-9-11-19-16(22(17)28-29)8-12-21(27-19)24(30)31-2;1-25-19-9-6-14(12-17(19)24)28-22(13-4-2-3-5-13)16-8-10-18-15(21(16)27-28)7-11-20(26-18)23(29)30;1-21-17(20)15-9-7-13-14(18-15)8-6-12(16(13)19)10-11-4-2-3-5-11;1-15-11(14)9-6-5-7-8(12-9)3-2-4-10(7)13;1-10-7-3-2-5(11-9)4-6(7)8;7-5-6-3-1-2-4-6;1-2-4-5-3-1;/h7-8,10,12-14,17,23H,3-6,9,11H2,2H3;6-7,9,11-13,16,22H,2-5,8,10H2,(H,29,30);7,9-11H,2-6,8H2,1H3;5-6H,2-4H2,1H3;2-4,11H,9H2;5-6H,1-4H2;5H,1-4H2;1H/b;;12-10+;;;;;. The molecule has 11 aliphatic rings. The predicted molar refractivity (Wildman–Crippen MR) is 469 cm³/mol. The second-order valence-corrected chi connectivity index (χ2v) is 32.7. The van der Waals surface area contributed by atoms with Gasteiger partial charge in [0, 0.05) is 67.2 Å². The SMILES string of the molecule is C1CCNC1.COC(=O)c1ccc2c(n1)CC/C(=C\C1CCCC1)C2=O.COC(=O)c1ccc2c(n1)CCCC2=O.Cl.O=CC1CCCC1.[C-]#[N+]c1ccc(N2N=C3c4ccc(C(=O)O)nc4CCC3C2C2CCCC2)cc1Cl.[C-]#[N+]c1ccc(N2N=C3c4ccc(C(=O)OC)nc4CCC3C2C2CCCC2)cc1Cl.[C-]#[N+]c1ccc(NN)cc1Cl. The number of aromatic nitrogens is 4. The molecule has 4 aromatic heterocycles. The number of pyridine rings is 4. The molecule has 0 amide bonds. The van der Waals surface area contributed by atoms with E-state index >= 15 is 0 Å². The number of anilines is 3. The maximum Gasteiger partial charge on any atom is 0.356 e. The molecule has 7 aromatic rings. The van der Waals surface area contributed by atoms with Crippen molar-refractivity contribution in [3.05, 3.63) is 232 Å². The van der Waals surface area contributed by atoms with Crippen LogP contribution >= 0.6 is 47.2 Å². The molecule has 7 heterocycles. The molecule has 121 heavy (non-hydrogen) atoms. The topological polar surface area (TPSA) is 313 Å². The zero-order chi connectivity index (χ0) is 84.9. The van der Waals surface area contributed by atoms with Gasteiger partial charge in [-0.15, -0.1) is 12.4 Å². The number of hydrogen-bond donors (Lipinski definition) is 4. The Labute approximate surface area is 726 Å². The summed E-state index contributed by atoms with van der Waals surface area (Å²) < 4.78 is 14.1. The number of benzene rings is 3. The van der Waals surface area contributed by atoms with Crippen LogP contribution in [0.25, 0.3) is 14.5 Å². The molecule has 25 nitrogen and oxygen atoms in total. The number of esters is 3. The first kappa shape index (κ1) is 90.9. The van der Waals surface area contributed by atoms with Crippen molar-refractivity contribution in [2.75, 3.05) is 49.9 Å². The summed E-state index contributed by atoms with van der Waals surface area (Å²) >= 11 is 18.4. The molecule has 3 aromatic carbocycles.